The summed E-state index contributed by atoms with van der Waals surface area (Å²) >= 11 is 10.9. The monoisotopic (exact) mass is 142 g/mol. The molecule has 1 unspecified atom stereocenters. The molecule has 0 aromatic rings. The second kappa shape index (κ2) is 3.97. The molecule has 0 radical (unpaired) electrons. The van der Waals surface area contributed by atoms with E-state index in [1.807, 2.05) is 0 Å². The number of alkyl halides is 2. The van der Waals surface area contributed by atoms with Crippen LogP contribution in [0.5, 0.6) is 0 Å². The molecule has 0 saturated heterocycles. The van der Waals surface area contributed by atoms with Crippen molar-refractivity contribution in [1.82, 2.24) is 0 Å². The summed E-state index contributed by atoms with van der Waals surface area (Å²) in [6, 6.07) is 0. The van der Waals surface area contributed by atoms with Crippen LogP contribution < -0.4 is 0 Å². The van der Waals surface area contributed by atoms with Crippen LogP contribution in [0.3, 0.4) is 0 Å². The van der Waals surface area contributed by atoms with Crippen molar-refractivity contribution >= 4 is 32.7 Å². The molecule has 0 fully saturated rings. The van der Waals surface area contributed by atoms with Gasteiger partial charge in [-0.1, -0.05) is 6.55 Å². The average molecular weight is 143 g/mol. The predicted octanol–water partition coefficient (Wildman–Crippen LogP) is 1.01. The highest BCUT2D eigenvalue weighted by molar-refractivity contribution is 6.54. The Labute approximate surface area is 50.7 Å². The molecule has 0 rings (SSSR count). The maximum absolute atomic E-state index is 5.58. The Balaban J connectivity index is 2.75. The molecule has 38 valence electrons. The van der Waals surface area contributed by atoms with Gasteiger partial charge in [-0.2, -0.15) is 0 Å². The fourth-order valence-electron chi connectivity index (χ4n) is 0.109. The summed E-state index contributed by atoms with van der Waals surface area (Å²) in [7, 11) is -0.0282. The van der Waals surface area contributed by atoms with Gasteiger partial charge < -0.3 is 0 Å². The van der Waals surface area contributed by atoms with Crippen molar-refractivity contribution in [3.05, 3.63) is 0 Å². The second-order valence-corrected chi connectivity index (χ2v) is 4.41. The molecular formula is C3H8Cl2Si. The summed E-state index contributed by atoms with van der Waals surface area (Å²) in [5, 5.41) is 0.312. The molecule has 1 atom stereocenters. The summed E-state index contributed by atoms with van der Waals surface area (Å²) in [6.45, 7) is 2.15. The maximum atomic E-state index is 5.58. The van der Waals surface area contributed by atoms with Crippen molar-refractivity contribution in [3.8, 4) is 0 Å². The third-order valence-electron chi connectivity index (χ3n) is 0.610. The Morgan fingerprint density at radius 2 is 2.33 bits per heavy atom. The van der Waals surface area contributed by atoms with Gasteiger partial charge in [-0.15, -0.1) is 23.2 Å². The minimum atomic E-state index is -0.0282. The van der Waals surface area contributed by atoms with Gasteiger partial charge in [0.25, 0.3) is 0 Å². The highest BCUT2D eigenvalue weighted by atomic mass is 35.5. The zero-order valence-electron chi connectivity index (χ0n) is 3.75. The Kier molecular flexibility index (Phi) is 4.50. The lowest BCUT2D eigenvalue weighted by Gasteiger charge is -1.93. The van der Waals surface area contributed by atoms with Crippen molar-refractivity contribution in [1.29, 1.82) is 0 Å². The van der Waals surface area contributed by atoms with Crippen molar-refractivity contribution in [2.45, 2.75) is 11.5 Å². The fraction of sp³-hybridized carbons (Fsp3) is 1.00. The summed E-state index contributed by atoms with van der Waals surface area (Å²) in [4.78, 5) is 0. The van der Waals surface area contributed by atoms with E-state index in [9.17, 15) is 0 Å². The lowest BCUT2D eigenvalue weighted by atomic mass is 10.9. The second-order valence-electron chi connectivity index (χ2n) is 1.16. The first-order valence-electron chi connectivity index (χ1n) is 2.01. The van der Waals surface area contributed by atoms with Crippen LogP contribution in [0.4, 0.5) is 0 Å². The normalized spacial score (nSPS) is 16.5. The lowest BCUT2D eigenvalue weighted by molar-refractivity contribution is 1.37. The molecule has 0 aliphatic heterocycles. The molecule has 0 aromatic carbocycles. The van der Waals surface area contributed by atoms with E-state index in [1.54, 1.807) is 0 Å². The largest absolute Gasteiger partial charge is 0.126 e. The van der Waals surface area contributed by atoms with E-state index in [4.69, 9.17) is 23.2 Å². The molecular weight excluding hydrogens is 135 g/mol. The average Bonchev–Trinajstić information content (AvgIpc) is 1.65. The molecule has 0 aliphatic rings. The fourth-order valence-corrected chi connectivity index (χ4v) is 0.982. The first kappa shape index (κ1) is 6.80. The number of hydrogen-bond acceptors (Lipinski definition) is 0. The van der Waals surface area contributed by atoms with Crippen LogP contribution in [0.2, 0.25) is 6.55 Å². The van der Waals surface area contributed by atoms with E-state index in [0.717, 1.165) is 0 Å². The molecule has 0 nitrogen and oxygen atoms in total. The van der Waals surface area contributed by atoms with Gasteiger partial charge >= 0.3 is 0 Å². The molecule has 6 heavy (non-hydrogen) atoms. The first-order valence-corrected chi connectivity index (χ1v) is 5.21. The minimum Gasteiger partial charge on any atom is -0.126 e. The Hall–Kier alpha value is 0.797. The molecule has 0 amide bonds. The van der Waals surface area contributed by atoms with Gasteiger partial charge in [0.05, 0.1) is 0 Å². The van der Waals surface area contributed by atoms with Gasteiger partial charge in [0, 0.05) is 20.4 Å². The van der Waals surface area contributed by atoms with Gasteiger partial charge in [-0.25, -0.2) is 0 Å². The molecule has 0 spiro atoms. The van der Waals surface area contributed by atoms with Gasteiger partial charge in [0.1, 0.15) is 0 Å². The molecule has 3 heteroatoms. The molecule has 0 aliphatic carbocycles. The standard InChI is InChI=1S/C3H8Cl2Si/c1-6-3(5)2-4/h3H,2,6H2,1H3. The third kappa shape index (κ3) is 3.01. The van der Waals surface area contributed by atoms with Gasteiger partial charge in [0.15, 0.2) is 0 Å². The highest BCUT2D eigenvalue weighted by Crippen LogP contribution is 1.93. The van der Waals surface area contributed by atoms with Crippen LogP contribution >= 0.6 is 23.2 Å². The number of halogens is 2. The number of hydrogen-bond donors (Lipinski definition) is 0. The van der Waals surface area contributed by atoms with Crippen LogP contribution in [-0.2, 0) is 0 Å². The SMILES string of the molecule is C[SiH2]C(Cl)CCl. The lowest BCUT2D eigenvalue weighted by Crippen LogP contribution is -2.05. The summed E-state index contributed by atoms with van der Waals surface area (Å²) < 4.78 is 0. The van der Waals surface area contributed by atoms with Gasteiger partial charge in [-0.05, 0) is 0 Å². The van der Waals surface area contributed by atoms with Crippen LogP contribution in [0.25, 0.3) is 0 Å². The highest BCUT2D eigenvalue weighted by Gasteiger charge is 1.94. The van der Waals surface area contributed by atoms with Gasteiger partial charge in [-0.3, -0.25) is 0 Å². The van der Waals surface area contributed by atoms with Crippen LogP contribution in [0, 0.1) is 0 Å². The molecule has 0 heterocycles. The maximum Gasteiger partial charge on any atom is 0.0403 e. The Morgan fingerprint density at radius 1 is 1.83 bits per heavy atom. The van der Waals surface area contributed by atoms with E-state index < -0.39 is 0 Å². The van der Waals surface area contributed by atoms with Crippen LogP contribution in [0.15, 0.2) is 0 Å². The summed E-state index contributed by atoms with van der Waals surface area (Å²) in [5.41, 5.74) is 0. The van der Waals surface area contributed by atoms with Gasteiger partial charge in [0.2, 0.25) is 0 Å². The molecule has 0 N–H and O–H groups in total. The topological polar surface area (TPSA) is 0 Å². The van der Waals surface area contributed by atoms with Crippen molar-refractivity contribution < 1.29 is 0 Å². The van der Waals surface area contributed by atoms with Crippen molar-refractivity contribution in [2.75, 3.05) is 5.88 Å². The van der Waals surface area contributed by atoms with E-state index in [1.165, 1.54) is 0 Å². The quantitative estimate of drug-likeness (QED) is 0.399. The van der Waals surface area contributed by atoms with E-state index in [-0.39, 0.29) is 9.52 Å². The summed E-state index contributed by atoms with van der Waals surface area (Å²) in [5.74, 6) is 0.629. The molecule has 0 bridgehead atoms. The van der Waals surface area contributed by atoms with Crippen LogP contribution in [-0.4, -0.2) is 20.4 Å². The first-order chi connectivity index (χ1) is 2.81. The minimum absolute atomic E-state index is 0.0282. The Morgan fingerprint density at radius 3 is 2.33 bits per heavy atom. The van der Waals surface area contributed by atoms with Crippen LogP contribution in [0.1, 0.15) is 0 Å². The van der Waals surface area contributed by atoms with Crippen molar-refractivity contribution in [3.63, 3.8) is 0 Å². The zero-order valence-corrected chi connectivity index (χ0v) is 6.67. The smallest absolute Gasteiger partial charge is 0.0403 e. The molecule has 0 saturated carbocycles. The van der Waals surface area contributed by atoms with Crippen molar-refractivity contribution in [2.24, 2.45) is 0 Å². The van der Waals surface area contributed by atoms with E-state index >= 15 is 0 Å². The Bertz CT molecular complexity index is 28.0. The van der Waals surface area contributed by atoms with E-state index in [2.05, 4.69) is 6.55 Å². The zero-order chi connectivity index (χ0) is 4.99. The predicted molar refractivity (Wildman–Crippen MR) is 34.8 cm³/mol. The number of rotatable bonds is 2. The van der Waals surface area contributed by atoms with E-state index in [0.29, 0.717) is 10.9 Å². The molecule has 0 aromatic heterocycles. The summed E-state index contributed by atoms with van der Waals surface area (Å²) in [6.07, 6.45) is 0. The third-order valence-corrected chi connectivity index (χ3v) is 3.76.